The van der Waals surface area contributed by atoms with Crippen LogP contribution >= 0.6 is 0 Å². The molecule has 1 N–H and O–H groups in total. The van der Waals surface area contributed by atoms with Crippen LogP contribution in [0.2, 0.25) is 0 Å². The van der Waals surface area contributed by atoms with Crippen molar-refractivity contribution in [3.63, 3.8) is 0 Å². The Morgan fingerprint density at radius 2 is 1.71 bits per heavy atom. The van der Waals surface area contributed by atoms with Crippen LogP contribution in [0.5, 0.6) is 0 Å². The molecule has 0 aliphatic heterocycles. The molecular weight excluding hydrogens is 340 g/mol. The zero-order valence-electron chi connectivity index (χ0n) is 19.3. The van der Waals surface area contributed by atoms with E-state index < -0.39 is 5.60 Å². The van der Waals surface area contributed by atoms with E-state index in [-0.39, 0.29) is 5.41 Å². The molecule has 0 bridgehead atoms. The molecule has 3 fully saturated rings. The fourth-order valence-corrected chi connectivity index (χ4v) is 8.80. The van der Waals surface area contributed by atoms with Crippen LogP contribution in [0.4, 0.5) is 0 Å². The normalized spacial score (nSPS) is 48.8. The average molecular weight is 387 g/mol. The molecule has 0 heterocycles. The molecule has 0 aromatic carbocycles. The summed E-state index contributed by atoms with van der Waals surface area (Å²) in [5.41, 5.74) is 0.151. The van der Waals surface area contributed by atoms with Crippen molar-refractivity contribution in [2.75, 3.05) is 0 Å². The van der Waals surface area contributed by atoms with Crippen molar-refractivity contribution in [3.05, 3.63) is 12.2 Å². The first-order valence-corrected chi connectivity index (χ1v) is 12.6. The number of hydrogen-bond acceptors (Lipinski definition) is 1. The zero-order valence-corrected chi connectivity index (χ0v) is 19.3. The first kappa shape index (κ1) is 21.0. The minimum atomic E-state index is -0.432. The Hall–Kier alpha value is -0.300. The van der Waals surface area contributed by atoms with Crippen molar-refractivity contribution in [2.24, 2.45) is 46.3 Å². The molecule has 1 heteroatoms. The lowest BCUT2D eigenvalue weighted by Gasteiger charge is -2.62. The fourth-order valence-electron chi connectivity index (χ4n) is 8.80. The number of hydrogen-bond donors (Lipinski definition) is 1. The summed E-state index contributed by atoms with van der Waals surface area (Å²) in [7, 11) is 0. The Morgan fingerprint density at radius 3 is 2.46 bits per heavy atom. The summed E-state index contributed by atoms with van der Waals surface area (Å²) in [5.74, 6) is 5.12. The first-order chi connectivity index (χ1) is 13.2. The van der Waals surface area contributed by atoms with Gasteiger partial charge >= 0.3 is 0 Å². The summed E-state index contributed by atoms with van der Waals surface area (Å²) in [4.78, 5) is 0. The van der Waals surface area contributed by atoms with E-state index in [9.17, 15) is 5.11 Å². The molecule has 0 saturated heterocycles. The van der Waals surface area contributed by atoms with Crippen LogP contribution in [0.1, 0.15) is 105 Å². The van der Waals surface area contributed by atoms with Gasteiger partial charge < -0.3 is 5.11 Å². The van der Waals surface area contributed by atoms with Crippen LogP contribution in [0.25, 0.3) is 0 Å². The third-order valence-electron chi connectivity index (χ3n) is 10.5. The van der Waals surface area contributed by atoms with E-state index in [0.717, 1.165) is 48.9 Å². The molecule has 0 spiro atoms. The van der Waals surface area contributed by atoms with Gasteiger partial charge in [0.05, 0.1) is 5.60 Å². The van der Waals surface area contributed by atoms with E-state index in [1.54, 1.807) is 0 Å². The van der Waals surface area contributed by atoms with Crippen molar-refractivity contribution in [3.8, 4) is 0 Å². The van der Waals surface area contributed by atoms with Crippen LogP contribution in [0.3, 0.4) is 0 Å². The van der Waals surface area contributed by atoms with Crippen molar-refractivity contribution in [1.82, 2.24) is 0 Å². The number of allylic oxidation sites excluding steroid dienone is 1. The Kier molecular flexibility index (Phi) is 5.56. The predicted octanol–water partition coefficient (Wildman–Crippen LogP) is 7.39. The van der Waals surface area contributed by atoms with Crippen molar-refractivity contribution < 1.29 is 5.11 Å². The SMILES string of the molecule is CC(C)CCC[C@@H](C)[C@H]1CC[C@H]2[C@@H]3CC[C@@]4(O)CCC=C[C@]4(C)[C@H]3CC[C@]12C. The Balaban J connectivity index is 1.51. The molecule has 28 heavy (non-hydrogen) atoms. The van der Waals surface area contributed by atoms with Gasteiger partial charge in [-0.2, -0.15) is 0 Å². The molecular formula is C27H46O. The highest BCUT2D eigenvalue weighted by Gasteiger charge is 2.63. The monoisotopic (exact) mass is 386 g/mol. The standard InChI is InChI=1S/C27H46O/c1-19(2)9-8-10-20(3)22-11-12-23-21-13-18-27(28)16-7-6-15-26(27,5)24(21)14-17-25(22,23)4/h6,15,19-24,28H,7-14,16-18H2,1-5H3/t20-,21+,22-,23+,24+,25-,26-,27+/m1/s1. The molecule has 0 aromatic heterocycles. The minimum Gasteiger partial charge on any atom is -0.389 e. The quantitative estimate of drug-likeness (QED) is 0.488. The number of rotatable bonds is 5. The van der Waals surface area contributed by atoms with Crippen LogP contribution in [0, 0.1) is 46.3 Å². The second kappa shape index (κ2) is 7.44. The highest BCUT2D eigenvalue weighted by Crippen LogP contribution is 2.68. The summed E-state index contributed by atoms with van der Waals surface area (Å²) >= 11 is 0. The average Bonchev–Trinajstić information content (AvgIpc) is 2.99. The maximum Gasteiger partial charge on any atom is 0.0741 e. The van der Waals surface area contributed by atoms with Crippen LogP contribution < -0.4 is 0 Å². The molecule has 160 valence electrons. The molecule has 4 aliphatic rings. The van der Waals surface area contributed by atoms with Gasteiger partial charge in [-0.15, -0.1) is 0 Å². The highest BCUT2D eigenvalue weighted by molar-refractivity contribution is 5.21. The fraction of sp³-hybridized carbons (Fsp3) is 0.926. The second-order valence-corrected chi connectivity index (χ2v) is 12.2. The number of fused-ring (bicyclic) bond motifs is 5. The summed E-state index contributed by atoms with van der Waals surface area (Å²) < 4.78 is 0. The lowest BCUT2D eigenvalue weighted by Crippen LogP contribution is -2.60. The van der Waals surface area contributed by atoms with Crippen molar-refractivity contribution >= 4 is 0 Å². The maximum absolute atomic E-state index is 11.5. The van der Waals surface area contributed by atoms with Crippen LogP contribution in [-0.2, 0) is 0 Å². The Labute approximate surface area is 174 Å². The molecule has 3 saturated carbocycles. The lowest BCUT2D eigenvalue weighted by molar-refractivity contribution is -0.172. The topological polar surface area (TPSA) is 20.2 Å². The molecule has 0 amide bonds. The smallest absolute Gasteiger partial charge is 0.0741 e. The lowest BCUT2D eigenvalue weighted by atomic mass is 9.44. The van der Waals surface area contributed by atoms with Gasteiger partial charge in [-0.25, -0.2) is 0 Å². The number of aliphatic hydroxyl groups is 1. The van der Waals surface area contributed by atoms with E-state index >= 15 is 0 Å². The third-order valence-corrected chi connectivity index (χ3v) is 10.5. The summed E-state index contributed by atoms with van der Waals surface area (Å²) in [6, 6.07) is 0. The van der Waals surface area contributed by atoms with Gasteiger partial charge in [0.25, 0.3) is 0 Å². The van der Waals surface area contributed by atoms with E-state index in [1.165, 1.54) is 51.4 Å². The minimum absolute atomic E-state index is 0.0243. The van der Waals surface area contributed by atoms with Crippen LogP contribution in [-0.4, -0.2) is 10.7 Å². The van der Waals surface area contributed by atoms with E-state index in [0.29, 0.717) is 11.3 Å². The molecule has 0 aromatic rings. The van der Waals surface area contributed by atoms with Gasteiger partial charge in [-0.3, -0.25) is 0 Å². The Morgan fingerprint density at radius 1 is 0.929 bits per heavy atom. The second-order valence-electron chi connectivity index (χ2n) is 12.2. The van der Waals surface area contributed by atoms with E-state index in [4.69, 9.17) is 0 Å². The van der Waals surface area contributed by atoms with Gasteiger partial charge in [0.2, 0.25) is 0 Å². The Bertz CT molecular complexity index is 593. The molecule has 0 radical (unpaired) electrons. The molecule has 4 aliphatic carbocycles. The molecule has 1 nitrogen and oxygen atoms in total. The molecule has 0 unspecified atom stereocenters. The summed E-state index contributed by atoms with van der Waals surface area (Å²) in [5, 5.41) is 11.5. The van der Waals surface area contributed by atoms with Gasteiger partial charge in [-0.05, 0) is 92.3 Å². The maximum atomic E-state index is 11.5. The molecule has 8 atom stereocenters. The van der Waals surface area contributed by atoms with E-state index in [2.05, 4.69) is 46.8 Å². The van der Waals surface area contributed by atoms with Gasteiger partial charge in [0, 0.05) is 5.41 Å². The first-order valence-electron chi connectivity index (χ1n) is 12.6. The summed E-state index contributed by atoms with van der Waals surface area (Å²) in [6.45, 7) is 12.4. The van der Waals surface area contributed by atoms with Gasteiger partial charge in [0.1, 0.15) is 0 Å². The van der Waals surface area contributed by atoms with E-state index in [1.807, 2.05) is 0 Å². The van der Waals surface area contributed by atoms with Gasteiger partial charge in [0.15, 0.2) is 0 Å². The van der Waals surface area contributed by atoms with Crippen molar-refractivity contribution in [2.45, 2.75) is 111 Å². The predicted molar refractivity (Wildman–Crippen MR) is 119 cm³/mol. The van der Waals surface area contributed by atoms with Crippen LogP contribution in [0.15, 0.2) is 12.2 Å². The zero-order chi connectivity index (χ0) is 20.2. The highest BCUT2D eigenvalue weighted by atomic mass is 16.3. The van der Waals surface area contributed by atoms with Gasteiger partial charge in [-0.1, -0.05) is 66.0 Å². The largest absolute Gasteiger partial charge is 0.389 e. The van der Waals surface area contributed by atoms with Crippen molar-refractivity contribution in [1.29, 1.82) is 0 Å². The third kappa shape index (κ3) is 3.14. The summed E-state index contributed by atoms with van der Waals surface area (Å²) in [6.07, 6.45) is 19.1. The molecule has 4 rings (SSSR count).